The van der Waals surface area contributed by atoms with E-state index >= 15 is 0 Å². The van der Waals surface area contributed by atoms with Crippen LogP contribution in [-0.2, 0) is 0 Å². The van der Waals surface area contributed by atoms with E-state index in [4.69, 9.17) is 9.47 Å². The van der Waals surface area contributed by atoms with E-state index in [1.807, 2.05) is 24.3 Å². The molecule has 0 aromatic heterocycles. The zero-order chi connectivity index (χ0) is 15.8. The van der Waals surface area contributed by atoms with Crippen molar-refractivity contribution in [2.45, 2.75) is 12.8 Å². The molecule has 0 aliphatic carbocycles. The van der Waals surface area contributed by atoms with Crippen LogP contribution in [0.15, 0.2) is 73.8 Å². The highest BCUT2D eigenvalue weighted by molar-refractivity contribution is 5.37. The van der Waals surface area contributed by atoms with Gasteiger partial charge in [-0.3, -0.25) is 0 Å². The van der Waals surface area contributed by atoms with Crippen LogP contribution in [0.2, 0.25) is 0 Å². The Labute approximate surface area is 132 Å². The number of ether oxygens (including phenoxy) is 2. The Kier molecular flexibility index (Phi) is 5.84. The second kappa shape index (κ2) is 8.08. The highest BCUT2D eigenvalue weighted by atomic mass is 16.5. The minimum absolute atomic E-state index is 0.321. The summed E-state index contributed by atoms with van der Waals surface area (Å²) in [6, 6.07) is 16.4. The van der Waals surface area contributed by atoms with Crippen LogP contribution in [0.3, 0.4) is 0 Å². The molecule has 0 spiro atoms. The first-order valence-corrected chi connectivity index (χ1v) is 7.42. The second-order valence-electron chi connectivity index (χ2n) is 5.06. The van der Waals surface area contributed by atoms with Gasteiger partial charge in [-0.2, -0.15) is 0 Å². The van der Waals surface area contributed by atoms with Crippen LogP contribution in [-0.4, -0.2) is 13.2 Å². The molecule has 0 fully saturated rings. The van der Waals surface area contributed by atoms with Crippen molar-refractivity contribution >= 4 is 0 Å². The van der Waals surface area contributed by atoms with Gasteiger partial charge in [0.25, 0.3) is 0 Å². The van der Waals surface area contributed by atoms with Crippen molar-refractivity contribution in [2.75, 3.05) is 13.2 Å². The quantitative estimate of drug-likeness (QED) is 0.640. The molecule has 0 atom stereocenters. The summed E-state index contributed by atoms with van der Waals surface area (Å²) >= 11 is 0. The molecule has 0 N–H and O–H groups in total. The average molecular weight is 294 g/mol. The largest absolute Gasteiger partial charge is 0.490 e. The molecule has 2 aromatic rings. The van der Waals surface area contributed by atoms with E-state index in [1.54, 1.807) is 12.2 Å². The summed E-state index contributed by atoms with van der Waals surface area (Å²) < 4.78 is 11.0. The minimum Gasteiger partial charge on any atom is -0.490 e. The van der Waals surface area contributed by atoms with Gasteiger partial charge in [-0.05, 0) is 35.4 Å². The van der Waals surface area contributed by atoms with Gasteiger partial charge in [-0.1, -0.05) is 56.5 Å². The lowest BCUT2D eigenvalue weighted by Crippen LogP contribution is -1.98. The van der Waals surface area contributed by atoms with Gasteiger partial charge >= 0.3 is 0 Å². The zero-order valence-electron chi connectivity index (χ0n) is 13.0. The first-order valence-electron chi connectivity index (χ1n) is 7.42. The summed E-state index contributed by atoms with van der Waals surface area (Å²) in [4.78, 5) is 0. The molecule has 0 radical (unpaired) electrons. The standard InChI is InChI=1S/C20H22O2/c1-4-14-21-19-10-6-17(7-11-19)16(3)18-8-12-20(13-9-18)22-15-5-2/h4-13,16H,1-2,14-15H2,3H3. The fourth-order valence-electron chi connectivity index (χ4n) is 2.21. The van der Waals surface area contributed by atoms with Crippen LogP contribution in [0, 0.1) is 0 Å². The van der Waals surface area contributed by atoms with Gasteiger partial charge in [0.1, 0.15) is 24.7 Å². The van der Waals surface area contributed by atoms with E-state index in [9.17, 15) is 0 Å². The van der Waals surface area contributed by atoms with E-state index in [0.717, 1.165) is 11.5 Å². The smallest absolute Gasteiger partial charge is 0.119 e. The Bertz CT molecular complexity index is 541. The Hall–Kier alpha value is -2.48. The maximum Gasteiger partial charge on any atom is 0.119 e. The molecule has 0 amide bonds. The van der Waals surface area contributed by atoms with Gasteiger partial charge in [-0.15, -0.1) is 0 Å². The Balaban J connectivity index is 2.05. The maximum absolute atomic E-state index is 5.51. The van der Waals surface area contributed by atoms with Crippen molar-refractivity contribution < 1.29 is 9.47 Å². The van der Waals surface area contributed by atoms with E-state index < -0.39 is 0 Å². The topological polar surface area (TPSA) is 18.5 Å². The molecule has 0 saturated carbocycles. The Morgan fingerprint density at radius 2 is 1.14 bits per heavy atom. The number of benzene rings is 2. The van der Waals surface area contributed by atoms with Crippen LogP contribution in [0.4, 0.5) is 0 Å². The van der Waals surface area contributed by atoms with Crippen molar-refractivity contribution in [3.63, 3.8) is 0 Å². The maximum atomic E-state index is 5.51. The predicted molar refractivity (Wildman–Crippen MR) is 91.8 cm³/mol. The van der Waals surface area contributed by atoms with E-state index in [0.29, 0.717) is 19.1 Å². The van der Waals surface area contributed by atoms with Crippen molar-refractivity contribution in [3.8, 4) is 11.5 Å². The van der Waals surface area contributed by atoms with Crippen molar-refractivity contribution in [3.05, 3.63) is 85.0 Å². The monoisotopic (exact) mass is 294 g/mol. The predicted octanol–water partition coefficient (Wildman–Crippen LogP) is 4.97. The van der Waals surface area contributed by atoms with Crippen LogP contribution in [0.5, 0.6) is 11.5 Å². The number of hydrogen-bond acceptors (Lipinski definition) is 2. The third-order valence-corrected chi connectivity index (χ3v) is 3.50. The molecule has 22 heavy (non-hydrogen) atoms. The van der Waals surface area contributed by atoms with Gasteiger partial charge in [-0.25, -0.2) is 0 Å². The van der Waals surface area contributed by atoms with Crippen molar-refractivity contribution in [2.24, 2.45) is 0 Å². The fourth-order valence-corrected chi connectivity index (χ4v) is 2.21. The van der Waals surface area contributed by atoms with Crippen LogP contribution < -0.4 is 9.47 Å². The minimum atomic E-state index is 0.321. The summed E-state index contributed by atoms with van der Waals surface area (Å²) in [6.07, 6.45) is 3.49. The molecular formula is C20H22O2. The molecule has 2 rings (SSSR count). The zero-order valence-corrected chi connectivity index (χ0v) is 13.0. The molecule has 0 aliphatic heterocycles. The fraction of sp³-hybridized carbons (Fsp3) is 0.200. The SMILES string of the molecule is C=CCOc1ccc(C(C)c2ccc(OCC=C)cc2)cc1. The third-order valence-electron chi connectivity index (χ3n) is 3.50. The molecule has 2 heteroatoms. The molecule has 114 valence electrons. The molecule has 0 saturated heterocycles. The molecule has 2 nitrogen and oxygen atoms in total. The molecule has 0 bridgehead atoms. The van der Waals surface area contributed by atoms with E-state index in [-0.39, 0.29) is 0 Å². The molecule has 0 aliphatic rings. The van der Waals surface area contributed by atoms with Gasteiger partial charge in [0, 0.05) is 5.92 Å². The summed E-state index contributed by atoms with van der Waals surface area (Å²) in [5.41, 5.74) is 2.51. The van der Waals surface area contributed by atoms with Crippen LogP contribution >= 0.6 is 0 Å². The lowest BCUT2D eigenvalue weighted by molar-refractivity contribution is 0.363. The lowest BCUT2D eigenvalue weighted by atomic mass is 9.93. The normalized spacial score (nSPS) is 10.3. The molecule has 0 heterocycles. The first kappa shape index (κ1) is 15.9. The van der Waals surface area contributed by atoms with Gasteiger partial charge in [0.2, 0.25) is 0 Å². The number of rotatable bonds is 8. The Morgan fingerprint density at radius 3 is 1.45 bits per heavy atom. The average Bonchev–Trinajstić information content (AvgIpc) is 2.58. The van der Waals surface area contributed by atoms with Crippen LogP contribution in [0.25, 0.3) is 0 Å². The van der Waals surface area contributed by atoms with Gasteiger partial charge in [0.15, 0.2) is 0 Å². The van der Waals surface area contributed by atoms with Gasteiger partial charge in [0.05, 0.1) is 0 Å². The lowest BCUT2D eigenvalue weighted by Gasteiger charge is -2.14. The molecule has 2 aromatic carbocycles. The first-order chi connectivity index (χ1) is 10.7. The molecule has 0 unspecified atom stereocenters. The Morgan fingerprint density at radius 1 is 0.773 bits per heavy atom. The van der Waals surface area contributed by atoms with Crippen molar-refractivity contribution in [1.29, 1.82) is 0 Å². The second-order valence-corrected chi connectivity index (χ2v) is 5.06. The van der Waals surface area contributed by atoms with E-state index in [2.05, 4.69) is 44.3 Å². The highest BCUT2D eigenvalue weighted by Crippen LogP contribution is 2.27. The number of hydrogen-bond donors (Lipinski definition) is 0. The summed E-state index contributed by atoms with van der Waals surface area (Å²) in [7, 11) is 0. The summed E-state index contributed by atoms with van der Waals surface area (Å²) in [5, 5.41) is 0. The summed E-state index contributed by atoms with van der Waals surface area (Å²) in [6.45, 7) is 10.5. The van der Waals surface area contributed by atoms with E-state index in [1.165, 1.54) is 11.1 Å². The van der Waals surface area contributed by atoms with Gasteiger partial charge < -0.3 is 9.47 Å². The highest BCUT2D eigenvalue weighted by Gasteiger charge is 2.08. The van der Waals surface area contributed by atoms with Crippen LogP contribution in [0.1, 0.15) is 24.0 Å². The van der Waals surface area contributed by atoms with Crippen molar-refractivity contribution in [1.82, 2.24) is 0 Å². The summed E-state index contributed by atoms with van der Waals surface area (Å²) in [5.74, 6) is 2.05. The third kappa shape index (κ3) is 4.26. The molecular weight excluding hydrogens is 272 g/mol.